The molecule has 0 bridgehead atoms. The van der Waals surface area contributed by atoms with Crippen LogP contribution in [-0.2, 0) is 20.8 Å². The van der Waals surface area contributed by atoms with Crippen molar-refractivity contribution in [2.24, 2.45) is 17.8 Å². The lowest BCUT2D eigenvalue weighted by Gasteiger charge is -2.34. The van der Waals surface area contributed by atoms with E-state index in [9.17, 15) is 14.7 Å². The lowest BCUT2D eigenvalue weighted by atomic mass is 9.88. The topological polar surface area (TPSA) is 90.2 Å². The first-order valence-electron chi connectivity index (χ1n) is 12.0. The Hall–Kier alpha value is -2.68. The number of methoxy groups -OCH3 is 2. The fourth-order valence-electron chi connectivity index (χ4n) is 6.20. The number of carbonyl (C=O) groups is 1. The van der Waals surface area contributed by atoms with Gasteiger partial charge in [0.15, 0.2) is 0 Å². The summed E-state index contributed by atoms with van der Waals surface area (Å²) in [6.45, 7) is 2.48. The van der Waals surface area contributed by atoms with Gasteiger partial charge in [0, 0.05) is 56.0 Å². The zero-order valence-electron chi connectivity index (χ0n) is 19.7. The highest BCUT2D eigenvalue weighted by molar-refractivity contribution is 5.77. The van der Waals surface area contributed by atoms with E-state index in [2.05, 4.69) is 4.90 Å². The molecule has 2 saturated heterocycles. The summed E-state index contributed by atoms with van der Waals surface area (Å²) in [6.07, 6.45) is 1.87. The van der Waals surface area contributed by atoms with Gasteiger partial charge in [-0.05, 0) is 37.0 Å². The fourth-order valence-corrected chi connectivity index (χ4v) is 6.20. The maximum Gasteiger partial charge on any atom is 0.323 e. The second kappa shape index (κ2) is 9.52. The van der Waals surface area contributed by atoms with Crippen LogP contribution in [0, 0.1) is 17.8 Å². The fraction of sp³-hybridized carbons (Fsp3) is 0.538. The SMILES string of the molecule is COC(=O)[C@@H]1[C@@H](CO)[C@@H]2Cn3c(ccc(-c4ccccc4OC)c3=O)[C@@H]2N1CC1CCOCC1. The van der Waals surface area contributed by atoms with E-state index in [-0.39, 0.29) is 36.0 Å². The van der Waals surface area contributed by atoms with Crippen LogP contribution in [0.4, 0.5) is 0 Å². The van der Waals surface area contributed by atoms with Crippen LogP contribution in [0.3, 0.4) is 0 Å². The van der Waals surface area contributed by atoms with Gasteiger partial charge >= 0.3 is 5.97 Å². The van der Waals surface area contributed by atoms with Crippen LogP contribution in [0.5, 0.6) is 5.75 Å². The molecule has 1 aromatic heterocycles. The quantitative estimate of drug-likeness (QED) is 0.650. The first kappa shape index (κ1) is 23.1. The van der Waals surface area contributed by atoms with Crippen molar-refractivity contribution < 1.29 is 24.1 Å². The van der Waals surface area contributed by atoms with E-state index in [4.69, 9.17) is 14.2 Å². The van der Waals surface area contributed by atoms with Crippen molar-refractivity contribution >= 4 is 5.97 Å². The van der Waals surface area contributed by atoms with Gasteiger partial charge in [0.05, 0.1) is 25.8 Å². The van der Waals surface area contributed by atoms with Gasteiger partial charge < -0.3 is 23.9 Å². The van der Waals surface area contributed by atoms with Gasteiger partial charge in [-0.15, -0.1) is 0 Å². The van der Waals surface area contributed by atoms with Gasteiger partial charge in [-0.1, -0.05) is 18.2 Å². The summed E-state index contributed by atoms with van der Waals surface area (Å²) in [4.78, 5) is 28.7. The number of aromatic nitrogens is 1. The molecule has 4 heterocycles. The lowest BCUT2D eigenvalue weighted by molar-refractivity contribution is -0.148. The highest BCUT2D eigenvalue weighted by Gasteiger charge is 2.56. The third-order valence-electron chi connectivity index (χ3n) is 7.84. The number of rotatable bonds is 6. The number of hydrogen-bond acceptors (Lipinski definition) is 7. The Labute approximate surface area is 199 Å². The number of aliphatic hydroxyl groups excluding tert-OH is 1. The second-order valence-corrected chi connectivity index (χ2v) is 9.46. The van der Waals surface area contributed by atoms with Crippen LogP contribution in [0.15, 0.2) is 41.2 Å². The minimum atomic E-state index is -0.523. The molecule has 2 fully saturated rings. The Morgan fingerprint density at radius 2 is 1.88 bits per heavy atom. The van der Waals surface area contributed by atoms with Crippen molar-refractivity contribution in [3.05, 3.63) is 52.4 Å². The average molecular weight is 469 g/mol. The molecule has 5 rings (SSSR count). The van der Waals surface area contributed by atoms with Crippen molar-refractivity contribution in [2.45, 2.75) is 31.5 Å². The molecule has 0 amide bonds. The Morgan fingerprint density at radius 1 is 1.12 bits per heavy atom. The van der Waals surface area contributed by atoms with Gasteiger partial charge in [-0.25, -0.2) is 0 Å². The molecule has 1 N–H and O–H groups in total. The molecule has 34 heavy (non-hydrogen) atoms. The van der Waals surface area contributed by atoms with E-state index in [1.54, 1.807) is 7.11 Å². The molecule has 0 aliphatic carbocycles. The number of likely N-dealkylation sites (tertiary alicyclic amines) is 1. The Kier molecular flexibility index (Phi) is 6.46. The predicted octanol–water partition coefficient (Wildman–Crippen LogP) is 2.09. The van der Waals surface area contributed by atoms with E-state index in [1.807, 2.05) is 41.0 Å². The number of nitrogens with zero attached hydrogens (tertiary/aromatic N) is 2. The number of aliphatic hydroxyl groups is 1. The highest BCUT2D eigenvalue weighted by atomic mass is 16.5. The number of pyridine rings is 1. The third-order valence-corrected chi connectivity index (χ3v) is 7.84. The van der Waals surface area contributed by atoms with E-state index >= 15 is 0 Å². The number of fused-ring (bicyclic) bond motifs is 3. The third kappa shape index (κ3) is 3.74. The van der Waals surface area contributed by atoms with E-state index in [0.29, 0.717) is 30.3 Å². The number of esters is 1. The second-order valence-electron chi connectivity index (χ2n) is 9.46. The largest absolute Gasteiger partial charge is 0.496 e. The number of hydrogen-bond donors (Lipinski definition) is 1. The number of para-hydroxylation sites is 1. The summed E-state index contributed by atoms with van der Waals surface area (Å²) in [7, 11) is 3.00. The zero-order chi connectivity index (χ0) is 23.8. The van der Waals surface area contributed by atoms with Gasteiger partial charge in [0.25, 0.3) is 5.56 Å². The highest BCUT2D eigenvalue weighted by Crippen LogP contribution is 2.50. The molecule has 1 aromatic carbocycles. The summed E-state index contributed by atoms with van der Waals surface area (Å²) in [5.41, 5.74) is 2.16. The molecule has 3 aliphatic rings. The Bertz CT molecular complexity index is 1110. The summed E-state index contributed by atoms with van der Waals surface area (Å²) in [5.74, 6) is 0.381. The summed E-state index contributed by atoms with van der Waals surface area (Å²) < 4.78 is 18.0. The smallest absolute Gasteiger partial charge is 0.323 e. The van der Waals surface area contributed by atoms with Crippen LogP contribution in [0.1, 0.15) is 24.6 Å². The van der Waals surface area contributed by atoms with Gasteiger partial charge in [0.1, 0.15) is 11.8 Å². The summed E-state index contributed by atoms with van der Waals surface area (Å²) >= 11 is 0. The van der Waals surface area contributed by atoms with Crippen LogP contribution in [0.2, 0.25) is 0 Å². The minimum Gasteiger partial charge on any atom is -0.496 e. The Balaban J connectivity index is 1.56. The van der Waals surface area contributed by atoms with Gasteiger partial charge in [-0.3, -0.25) is 14.5 Å². The van der Waals surface area contributed by atoms with Crippen molar-refractivity contribution in [1.29, 1.82) is 0 Å². The molecule has 8 heteroatoms. The van der Waals surface area contributed by atoms with E-state index in [0.717, 1.165) is 37.3 Å². The number of ether oxygens (including phenoxy) is 3. The van der Waals surface area contributed by atoms with Gasteiger partial charge in [0.2, 0.25) is 0 Å². The predicted molar refractivity (Wildman–Crippen MR) is 126 cm³/mol. The van der Waals surface area contributed by atoms with Crippen LogP contribution in [0.25, 0.3) is 11.1 Å². The first-order valence-corrected chi connectivity index (χ1v) is 12.0. The molecule has 3 aliphatic heterocycles. The molecule has 8 nitrogen and oxygen atoms in total. The number of carbonyl (C=O) groups excluding carboxylic acids is 1. The molecule has 0 spiro atoms. The molecule has 4 atom stereocenters. The molecular formula is C26H32N2O6. The zero-order valence-corrected chi connectivity index (χ0v) is 19.7. The molecule has 182 valence electrons. The van der Waals surface area contributed by atoms with Crippen LogP contribution >= 0.6 is 0 Å². The van der Waals surface area contributed by atoms with E-state index < -0.39 is 6.04 Å². The average Bonchev–Trinajstić information content (AvgIpc) is 3.40. The van der Waals surface area contributed by atoms with Crippen molar-refractivity contribution in [3.63, 3.8) is 0 Å². The number of benzene rings is 1. The van der Waals surface area contributed by atoms with Crippen LogP contribution in [-0.4, -0.2) is 67.2 Å². The normalized spacial score (nSPS) is 26.8. The maximum absolute atomic E-state index is 13.6. The molecule has 2 aromatic rings. The Morgan fingerprint density at radius 3 is 2.59 bits per heavy atom. The summed E-state index contributed by atoms with van der Waals surface area (Å²) in [5, 5.41) is 10.3. The minimum absolute atomic E-state index is 0.0467. The maximum atomic E-state index is 13.6. The lowest BCUT2D eigenvalue weighted by Crippen LogP contribution is -2.46. The van der Waals surface area contributed by atoms with Crippen molar-refractivity contribution in [1.82, 2.24) is 9.47 Å². The first-order chi connectivity index (χ1) is 16.6. The molecular weight excluding hydrogens is 436 g/mol. The van der Waals surface area contributed by atoms with E-state index in [1.165, 1.54) is 7.11 Å². The van der Waals surface area contributed by atoms with Gasteiger partial charge in [-0.2, -0.15) is 0 Å². The van der Waals surface area contributed by atoms with Crippen molar-refractivity contribution in [3.8, 4) is 16.9 Å². The molecule has 0 radical (unpaired) electrons. The standard InChI is InChI=1S/C26H32N2O6/c1-32-22-6-4-3-5-17(22)18-7-8-21-23-19(14-27(21)25(18)30)20(15-29)24(26(31)33-2)28(23)13-16-9-11-34-12-10-16/h3-8,16,19-20,23-24,29H,9-15H2,1-2H3/t19-,20-,23+,24-/m0/s1. The molecule has 0 unspecified atom stereocenters. The van der Waals surface area contributed by atoms with Crippen LogP contribution < -0.4 is 10.3 Å². The summed E-state index contributed by atoms with van der Waals surface area (Å²) in [6, 6.07) is 10.7. The van der Waals surface area contributed by atoms with Crippen molar-refractivity contribution in [2.75, 3.05) is 40.6 Å². The monoisotopic (exact) mass is 468 g/mol. The molecule has 0 saturated carbocycles.